The van der Waals surface area contributed by atoms with Crippen LogP contribution in [0, 0.1) is 0 Å². The number of anilines is 1. The van der Waals surface area contributed by atoms with Crippen LogP contribution < -0.4 is 15.1 Å². The summed E-state index contributed by atoms with van der Waals surface area (Å²) < 4.78 is 0. The van der Waals surface area contributed by atoms with Gasteiger partial charge < -0.3 is 15.1 Å². The molecule has 2 N–H and O–H groups in total. The van der Waals surface area contributed by atoms with Crippen LogP contribution >= 0.6 is 0 Å². The minimum Gasteiger partial charge on any atom is -0.360 e. The molecule has 0 radical (unpaired) electrons. The fourth-order valence-electron chi connectivity index (χ4n) is 4.06. The number of para-hydroxylation sites is 1. The Morgan fingerprint density at radius 1 is 1.08 bits per heavy atom. The summed E-state index contributed by atoms with van der Waals surface area (Å²) >= 11 is 0. The van der Waals surface area contributed by atoms with Crippen LogP contribution in [0.2, 0.25) is 0 Å². The molecule has 1 amide bonds. The highest BCUT2D eigenvalue weighted by atomic mass is 16.2. The molecular weight excluding hydrogens is 298 g/mol. The predicted octanol–water partition coefficient (Wildman–Crippen LogP) is 1.62. The Morgan fingerprint density at radius 3 is 2.33 bits per heavy atom. The highest BCUT2D eigenvalue weighted by molar-refractivity contribution is 5.80. The van der Waals surface area contributed by atoms with E-state index >= 15 is 0 Å². The molecule has 2 fully saturated rings. The Kier molecular flexibility index (Phi) is 6.13. The summed E-state index contributed by atoms with van der Waals surface area (Å²) in [5, 5.41) is 3.33. The minimum atomic E-state index is 0.0613. The summed E-state index contributed by atoms with van der Waals surface area (Å²) in [6, 6.07) is 11.1. The number of nitrogens with one attached hydrogen (secondary N) is 2. The summed E-state index contributed by atoms with van der Waals surface area (Å²) in [5.74, 6) is 0.255. The lowest BCUT2D eigenvalue weighted by molar-refractivity contribution is -0.914. The van der Waals surface area contributed by atoms with Crippen molar-refractivity contribution in [2.75, 3.05) is 31.1 Å². The Labute approximate surface area is 146 Å². The molecular formula is C20H32N3O+. The van der Waals surface area contributed by atoms with E-state index in [1.165, 1.54) is 36.3 Å². The van der Waals surface area contributed by atoms with Crippen molar-refractivity contribution in [3.63, 3.8) is 0 Å². The maximum absolute atomic E-state index is 12.6. The van der Waals surface area contributed by atoms with Crippen LogP contribution in [0.25, 0.3) is 0 Å². The van der Waals surface area contributed by atoms with Gasteiger partial charge in [0.15, 0.2) is 6.04 Å². The largest absolute Gasteiger partial charge is 0.360 e. The molecule has 1 aliphatic heterocycles. The Balaban J connectivity index is 1.47. The number of nitrogens with zero attached hydrogens (tertiary/aromatic N) is 1. The monoisotopic (exact) mass is 330 g/mol. The van der Waals surface area contributed by atoms with E-state index < -0.39 is 0 Å². The highest BCUT2D eigenvalue weighted by Crippen LogP contribution is 2.17. The van der Waals surface area contributed by atoms with Crippen molar-refractivity contribution in [2.45, 2.75) is 57.5 Å². The zero-order valence-corrected chi connectivity index (χ0v) is 15.0. The van der Waals surface area contributed by atoms with Gasteiger partial charge in [-0.3, -0.25) is 4.79 Å². The molecule has 132 valence electrons. The summed E-state index contributed by atoms with van der Waals surface area (Å²) in [6.07, 6.45) is 7.51. The molecule has 24 heavy (non-hydrogen) atoms. The first-order valence-corrected chi connectivity index (χ1v) is 9.69. The van der Waals surface area contributed by atoms with Gasteiger partial charge >= 0.3 is 0 Å². The van der Waals surface area contributed by atoms with Crippen LogP contribution in [0.4, 0.5) is 5.69 Å². The quantitative estimate of drug-likeness (QED) is 0.823. The number of piperazine rings is 1. The summed E-state index contributed by atoms with van der Waals surface area (Å²) in [7, 11) is 0. The SMILES string of the molecule is C[C@H](C(=O)NC1CCCCCC1)[NH+]1CCN(c2ccccc2)CC1. The van der Waals surface area contributed by atoms with E-state index in [9.17, 15) is 4.79 Å². The first-order valence-electron chi connectivity index (χ1n) is 9.69. The number of benzene rings is 1. The molecule has 1 aliphatic carbocycles. The smallest absolute Gasteiger partial charge is 0.278 e. The van der Waals surface area contributed by atoms with Gasteiger partial charge in [0.1, 0.15) is 0 Å². The van der Waals surface area contributed by atoms with Crippen molar-refractivity contribution in [3.8, 4) is 0 Å². The second kappa shape index (κ2) is 8.52. The van der Waals surface area contributed by atoms with Gasteiger partial charge in [-0.2, -0.15) is 0 Å². The van der Waals surface area contributed by atoms with Gasteiger partial charge in [0.05, 0.1) is 26.2 Å². The molecule has 1 heterocycles. The van der Waals surface area contributed by atoms with Crippen LogP contribution in [0.3, 0.4) is 0 Å². The summed E-state index contributed by atoms with van der Waals surface area (Å²) in [4.78, 5) is 16.5. The van der Waals surface area contributed by atoms with Crippen molar-refractivity contribution in [1.82, 2.24) is 5.32 Å². The number of hydrogen-bond acceptors (Lipinski definition) is 2. The van der Waals surface area contributed by atoms with Crippen LogP contribution in [0.1, 0.15) is 45.4 Å². The van der Waals surface area contributed by atoms with E-state index in [4.69, 9.17) is 0 Å². The van der Waals surface area contributed by atoms with Crippen molar-refractivity contribution in [3.05, 3.63) is 30.3 Å². The minimum absolute atomic E-state index is 0.0613. The lowest BCUT2D eigenvalue weighted by Gasteiger charge is -2.36. The van der Waals surface area contributed by atoms with E-state index in [1.54, 1.807) is 0 Å². The number of amides is 1. The summed E-state index contributed by atoms with van der Waals surface area (Å²) in [5.41, 5.74) is 1.30. The number of carbonyl (C=O) groups excluding carboxylic acids is 1. The van der Waals surface area contributed by atoms with Gasteiger partial charge in [-0.15, -0.1) is 0 Å². The molecule has 0 aromatic heterocycles. The molecule has 4 nitrogen and oxygen atoms in total. The maximum Gasteiger partial charge on any atom is 0.278 e. The summed E-state index contributed by atoms with van der Waals surface area (Å²) in [6.45, 7) is 6.22. The molecule has 3 rings (SSSR count). The van der Waals surface area contributed by atoms with Gasteiger partial charge in [-0.1, -0.05) is 43.9 Å². The zero-order chi connectivity index (χ0) is 16.8. The second-order valence-electron chi connectivity index (χ2n) is 7.40. The number of hydrogen-bond donors (Lipinski definition) is 2. The number of carbonyl (C=O) groups is 1. The zero-order valence-electron chi connectivity index (χ0n) is 15.0. The first-order chi connectivity index (χ1) is 11.7. The van der Waals surface area contributed by atoms with E-state index in [-0.39, 0.29) is 11.9 Å². The van der Waals surface area contributed by atoms with Crippen LogP contribution in [0.15, 0.2) is 30.3 Å². The van der Waals surface area contributed by atoms with Gasteiger partial charge in [0, 0.05) is 11.7 Å². The average Bonchev–Trinajstić information content (AvgIpc) is 2.90. The molecule has 0 bridgehead atoms. The van der Waals surface area contributed by atoms with E-state index in [0.717, 1.165) is 39.0 Å². The average molecular weight is 330 g/mol. The van der Waals surface area contributed by atoms with E-state index in [2.05, 4.69) is 47.5 Å². The molecule has 1 saturated heterocycles. The van der Waals surface area contributed by atoms with Gasteiger partial charge in [0.2, 0.25) is 0 Å². The predicted molar refractivity (Wildman–Crippen MR) is 98.4 cm³/mol. The van der Waals surface area contributed by atoms with Crippen LogP contribution in [-0.4, -0.2) is 44.2 Å². The normalized spacial score (nSPS) is 22.0. The van der Waals surface area contributed by atoms with Crippen LogP contribution in [0.5, 0.6) is 0 Å². The second-order valence-corrected chi connectivity index (χ2v) is 7.40. The van der Waals surface area contributed by atoms with Gasteiger partial charge in [-0.25, -0.2) is 0 Å². The molecule has 1 atom stereocenters. The molecule has 0 spiro atoms. The van der Waals surface area contributed by atoms with Gasteiger partial charge in [0.25, 0.3) is 5.91 Å². The molecule has 0 unspecified atom stereocenters. The fourth-order valence-corrected chi connectivity index (χ4v) is 4.06. The van der Waals surface area contributed by atoms with E-state index in [1.807, 2.05) is 0 Å². The third-order valence-electron chi connectivity index (χ3n) is 5.73. The molecule has 1 saturated carbocycles. The number of rotatable bonds is 4. The number of quaternary nitrogens is 1. The molecule has 4 heteroatoms. The van der Waals surface area contributed by atoms with Crippen molar-refractivity contribution in [1.29, 1.82) is 0 Å². The maximum atomic E-state index is 12.6. The highest BCUT2D eigenvalue weighted by Gasteiger charge is 2.30. The van der Waals surface area contributed by atoms with E-state index in [0.29, 0.717) is 6.04 Å². The Morgan fingerprint density at radius 2 is 1.71 bits per heavy atom. The fraction of sp³-hybridized carbons (Fsp3) is 0.650. The lowest BCUT2D eigenvalue weighted by Crippen LogP contribution is -3.19. The van der Waals surface area contributed by atoms with Crippen molar-refractivity contribution < 1.29 is 9.69 Å². The van der Waals surface area contributed by atoms with Crippen molar-refractivity contribution in [2.24, 2.45) is 0 Å². The third-order valence-corrected chi connectivity index (χ3v) is 5.73. The first kappa shape index (κ1) is 17.3. The third kappa shape index (κ3) is 4.50. The molecule has 2 aliphatic rings. The standard InChI is InChI=1S/C20H31N3O/c1-17(20(24)21-18-9-5-2-3-6-10-18)22-13-15-23(16-14-22)19-11-7-4-8-12-19/h4,7-8,11-12,17-18H,2-3,5-6,9-10,13-16H2,1H3,(H,21,24)/p+1/t17-/m1/s1. The van der Waals surface area contributed by atoms with Crippen LogP contribution in [-0.2, 0) is 4.79 Å². The Hall–Kier alpha value is -1.55. The molecule has 1 aromatic rings. The van der Waals surface area contributed by atoms with Crippen molar-refractivity contribution >= 4 is 11.6 Å². The molecule has 1 aromatic carbocycles. The van der Waals surface area contributed by atoms with Gasteiger partial charge in [-0.05, 0) is 31.9 Å². The lowest BCUT2D eigenvalue weighted by atomic mass is 10.1. The Bertz CT molecular complexity index is 503. The topological polar surface area (TPSA) is 36.8 Å².